The van der Waals surface area contributed by atoms with Gasteiger partial charge >= 0.3 is 0 Å². The minimum Gasteiger partial charge on any atom is -0.328 e. The Hall–Kier alpha value is -0.960. The van der Waals surface area contributed by atoms with E-state index < -0.39 is 0 Å². The number of allylic oxidation sites excluding steroid dienone is 2. The number of fused-ring (bicyclic) bond motifs is 2. The molecule has 0 aromatic heterocycles. The van der Waals surface area contributed by atoms with Gasteiger partial charge in [0, 0.05) is 26.8 Å². The van der Waals surface area contributed by atoms with Gasteiger partial charge in [0.25, 0.3) is 0 Å². The number of aliphatic imine (C=N–C) groups is 1. The standard InChI is InChI=1S/C12H7Cl3N2/c13-7-1-2-17-6-9-10(15)3-8(14)4-11(9)16-12(17)5-7/h1-5H,6H2. The first-order valence-electron chi connectivity index (χ1n) is 5.02. The Balaban J connectivity index is 2.16. The Bertz CT molecular complexity index is 588. The average molecular weight is 286 g/mol. The molecule has 2 aliphatic heterocycles. The highest BCUT2D eigenvalue weighted by Gasteiger charge is 2.21. The maximum atomic E-state index is 6.16. The summed E-state index contributed by atoms with van der Waals surface area (Å²) in [6.07, 6.45) is 5.55. The van der Waals surface area contributed by atoms with Gasteiger partial charge in [0.05, 0.1) is 12.2 Å². The third kappa shape index (κ3) is 1.97. The van der Waals surface area contributed by atoms with Crippen molar-refractivity contribution < 1.29 is 0 Å². The van der Waals surface area contributed by atoms with Crippen molar-refractivity contribution in [2.24, 2.45) is 4.99 Å². The number of rotatable bonds is 0. The molecule has 0 amide bonds. The van der Waals surface area contributed by atoms with Gasteiger partial charge < -0.3 is 4.90 Å². The van der Waals surface area contributed by atoms with Gasteiger partial charge in [-0.1, -0.05) is 34.8 Å². The molecular formula is C12H7Cl3N2. The van der Waals surface area contributed by atoms with E-state index in [9.17, 15) is 0 Å². The highest BCUT2D eigenvalue weighted by atomic mass is 35.5. The predicted molar refractivity (Wildman–Crippen MR) is 72.2 cm³/mol. The van der Waals surface area contributed by atoms with Crippen molar-refractivity contribution in [3.8, 4) is 0 Å². The first-order valence-corrected chi connectivity index (χ1v) is 6.15. The molecule has 2 aliphatic rings. The SMILES string of the molecule is ClC1=CC2=Nc3cc(Cl)cc(Cl)c3CN2C=C1. The molecule has 17 heavy (non-hydrogen) atoms. The fourth-order valence-electron chi connectivity index (χ4n) is 1.86. The van der Waals surface area contributed by atoms with E-state index in [1.165, 1.54) is 0 Å². The number of hydrogen-bond donors (Lipinski definition) is 0. The van der Waals surface area contributed by atoms with E-state index in [1.54, 1.807) is 6.07 Å². The van der Waals surface area contributed by atoms with Gasteiger partial charge in [0.2, 0.25) is 0 Å². The van der Waals surface area contributed by atoms with E-state index >= 15 is 0 Å². The second kappa shape index (κ2) is 4.05. The number of halogens is 3. The van der Waals surface area contributed by atoms with Crippen LogP contribution in [-0.4, -0.2) is 10.7 Å². The molecule has 0 aliphatic carbocycles. The van der Waals surface area contributed by atoms with Crippen LogP contribution in [0.5, 0.6) is 0 Å². The van der Waals surface area contributed by atoms with Crippen molar-refractivity contribution in [2.75, 3.05) is 0 Å². The Kier molecular flexibility index (Phi) is 2.66. The summed E-state index contributed by atoms with van der Waals surface area (Å²) in [5.74, 6) is 0.809. The molecule has 0 N–H and O–H groups in total. The molecule has 5 heteroatoms. The lowest BCUT2D eigenvalue weighted by molar-refractivity contribution is 0.544. The average Bonchev–Trinajstić information content (AvgIpc) is 2.26. The number of nitrogens with zero attached hydrogens (tertiary/aromatic N) is 2. The van der Waals surface area contributed by atoms with Crippen LogP contribution in [0.4, 0.5) is 5.69 Å². The third-order valence-corrected chi connectivity index (χ3v) is 3.47. The van der Waals surface area contributed by atoms with E-state index in [1.807, 2.05) is 29.3 Å². The minimum atomic E-state index is 0.591. The summed E-state index contributed by atoms with van der Waals surface area (Å²) in [6.45, 7) is 0.682. The summed E-state index contributed by atoms with van der Waals surface area (Å²) >= 11 is 18.1. The molecule has 2 nitrogen and oxygen atoms in total. The van der Waals surface area contributed by atoms with Gasteiger partial charge in [0.1, 0.15) is 5.84 Å². The van der Waals surface area contributed by atoms with E-state index in [-0.39, 0.29) is 0 Å². The highest BCUT2D eigenvalue weighted by molar-refractivity contribution is 6.36. The molecule has 2 heterocycles. The van der Waals surface area contributed by atoms with Crippen molar-refractivity contribution in [2.45, 2.75) is 6.54 Å². The Morgan fingerprint density at radius 2 is 2.00 bits per heavy atom. The lowest BCUT2D eigenvalue weighted by Gasteiger charge is -2.28. The first kappa shape index (κ1) is 11.1. The van der Waals surface area contributed by atoms with Crippen molar-refractivity contribution in [3.05, 3.63) is 51.1 Å². The normalized spacial score (nSPS) is 17.2. The van der Waals surface area contributed by atoms with E-state index in [2.05, 4.69) is 4.99 Å². The van der Waals surface area contributed by atoms with Crippen LogP contribution < -0.4 is 0 Å². The fraction of sp³-hybridized carbons (Fsp3) is 0.0833. The van der Waals surface area contributed by atoms with Crippen molar-refractivity contribution in [1.29, 1.82) is 0 Å². The second-order valence-electron chi connectivity index (χ2n) is 3.83. The molecule has 0 radical (unpaired) electrons. The molecule has 0 bridgehead atoms. The van der Waals surface area contributed by atoms with E-state index in [4.69, 9.17) is 34.8 Å². The summed E-state index contributed by atoms with van der Waals surface area (Å²) in [5, 5.41) is 1.90. The quantitative estimate of drug-likeness (QED) is 0.686. The Labute approximate surface area is 114 Å². The topological polar surface area (TPSA) is 15.6 Å². The monoisotopic (exact) mass is 284 g/mol. The lowest BCUT2D eigenvalue weighted by Crippen LogP contribution is -2.28. The van der Waals surface area contributed by atoms with Gasteiger partial charge in [-0.15, -0.1) is 0 Å². The number of benzene rings is 1. The minimum absolute atomic E-state index is 0.591. The highest BCUT2D eigenvalue weighted by Crippen LogP contribution is 2.36. The molecule has 3 rings (SSSR count). The molecule has 0 fully saturated rings. The molecule has 86 valence electrons. The molecule has 0 saturated heterocycles. The number of hydrogen-bond acceptors (Lipinski definition) is 2. The van der Waals surface area contributed by atoms with Crippen molar-refractivity contribution in [3.63, 3.8) is 0 Å². The van der Waals surface area contributed by atoms with Crippen molar-refractivity contribution >= 4 is 46.3 Å². The van der Waals surface area contributed by atoms with Gasteiger partial charge in [-0.3, -0.25) is 0 Å². The zero-order valence-electron chi connectivity index (χ0n) is 8.62. The molecule has 1 aromatic rings. The van der Waals surface area contributed by atoms with Crippen molar-refractivity contribution in [1.82, 2.24) is 4.90 Å². The molecule has 0 atom stereocenters. The maximum Gasteiger partial charge on any atom is 0.134 e. The predicted octanol–water partition coefficient (Wildman–Crippen LogP) is 4.49. The van der Waals surface area contributed by atoms with Crippen LogP contribution in [0.2, 0.25) is 10.0 Å². The van der Waals surface area contributed by atoms with E-state index in [0.717, 1.165) is 17.1 Å². The second-order valence-corrected chi connectivity index (χ2v) is 5.11. The zero-order valence-corrected chi connectivity index (χ0v) is 10.9. The van der Waals surface area contributed by atoms with Crippen LogP contribution in [0.3, 0.4) is 0 Å². The summed E-state index contributed by atoms with van der Waals surface area (Å²) in [7, 11) is 0. The first-order chi connectivity index (χ1) is 8.13. The molecule has 0 spiro atoms. The van der Waals surface area contributed by atoms with Gasteiger partial charge in [0.15, 0.2) is 0 Å². The largest absolute Gasteiger partial charge is 0.328 e. The van der Waals surface area contributed by atoms with Crippen LogP contribution in [-0.2, 0) is 6.54 Å². The third-order valence-electron chi connectivity index (χ3n) is 2.68. The van der Waals surface area contributed by atoms with Crippen LogP contribution in [0.25, 0.3) is 0 Å². The van der Waals surface area contributed by atoms with Gasteiger partial charge in [-0.2, -0.15) is 0 Å². The Morgan fingerprint density at radius 1 is 1.18 bits per heavy atom. The van der Waals surface area contributed by atoms with Crippen LogP contribution >= 0.6 is 34.8 Å². The summed E-state index contributed by atoms with van der Waals surface area (Å²) in [6, 6.07) is 3.55. The summed E-state index contributed by atoms with van der Waals surface area (Å²) in [5.41, 5.74) is 1.79. The molecular weight excluding hydrogens is 279 g/mol. The van der Waals surface area contributed by atoms with Crippen LogP contribution in [0.15, 0.2) is 40.5 Å². The zero-order chi connectivity index (χ0) is 12.0. The maximum absolute atomic E-state index is 6.16. The van der Waals surface area contributed by atoms with Crippen LogP contribution in [0, 0.1) is 0 Å². The number of amidine groups is 1. The molecule has 0 saturated carbocycles. The molecule has 1 aromatic carbocycles. The summed E-state index contributed by atoms with van der Waals surface area (Å²) < 4.78 is 0. The van der Waals surface area contributed by atoms with E-state index in [0.29, 0.717) is 21.6 Å². The fourth-order valence-corrected chi connectivity index (χ4v) is 2.56. The Morgan fingerprint density at radius 3 is 2.82 bits per heavy atom. The molecule has 0 unspecified atom stereocenters. The van der Waals surface area contributed by atoms with Gasteiger partial charge in [-0.25, -0.2) is 4.99 Å². The smallest absolute Gasteiger partial charge is 0.134 e. The summed E-state index contributed by atoms with van der Waals surface area (Å²) in [4.78, 5) is 6.50. The van der Waals surface area contributed by atoms with Gasteiger partial charge in [-0.05, 0) is 24.3 Å². The lowest BCUT2D eigenvalue weighted by atomic mass is 10.1. The van der Waals surface area contributed by atoms with Crippen LogP contribution in [0.1, 0.15) is 5.56 Å².